The van der Waals surface area contributed by atoms with Crippen molar-refractivity contribution in [2.75, 3.05) is 5.32 Å². The number of nitrogens with zero attached hydrogens (tertiary/aromatic N) is 3. The van der Waals surface area contributed by atoms with Gasteiger partial charge in [-0.05, 0) is 55.5 Å². The molecule has 0 aliphatic rings. The van der Waals surface area contributed by atoms with E-state index in [0.29, 0.717) is 28.2 Å². The van der Waals surface area contributed by atoms with E-state index >= 15 is 0 Å². The standard InChI is InChI=1S/C20H18ClFN4OS/c1-3-12-26-18(14-4-6-15(21)7-5-14)24-25-20(26)28-13(2)19(27)23-17-10-8-16(22)9-11-17/h3-11,13H,1,12H2,2H3,(H,23,27). The van der Waals surface area contributed by atoms with Gasteiger partial charge in [-0.1, -0.05) is 29.4 Å². The molecule has 5 nitrogen and oxygen atoms in total. The van der Waals surface area contributed by atoms with Crippen molar-refractivity contribution in [1.82, 2.24) is 14.8 Å². The SMILES string of the molecule is C=CCn1c(SC(C)C(=O)Nc2ccc(F)cc2)nnc1-c1ccc(Cl)cc1. The van der Waals surface area contributed by atoms with Crippen LogP contribution in [0.15, 0.2) is 66.3 Å². The summed E-state index contributed by atoms with van der Waals surface area (Å²) in [6, 6.07) is 12.9. The van der Waals surface area contributed by atoms with E-state index in [-0.39, 0.29) is 11.7 Å². The summed E-state index contributed by atoms with van der Waals surface area (Å²) in [6.45, 7) is 6.06. The third kappa shape index (κ3) is 4.79. The van der Waals surface area contributed by atoms with E-state index in [1.807, 2.05) is 16.7 Å². The fourth-order valence-corrected chi connectivity index (χ4v) is 3.46. The van der Waals surface area contributed by atoms with Crippen LogP contribution >= 0.6 is 23.4 Å². The molecule has 0 spiro atoms. The Morgan fingerprint density at radius 3 is 2.57 bits per heavy atom. The summed E-state index contributed by atoms with van der Waals surface area (Å²) in [7, 11) is 0. The number of amides is 1. The van der Waals surface area contributed by atoms with Crippen molar-refractivity contribution in [3.8, 4) is 11.4 Å². The number of anilines is 1. The van der Waals surface area contributed by atoms with Crippen molar-refractivity contribution >= 4 is 35.0 Å². The first-order valence-electron chi connectivity index (χ1n) is 8.51. The van der Waals surface area contributed by atoms with Crippen LogP contribution in [0.2, 0.25) is 5.02 Å². The lowest BCUT2D eigenvalue weighted by Crippen LogP contribution is -2.23. The largest absolute Gasteiger partial charge is 0.325 e. The fourth-order valence-electron chi connectivity index (χ4n) is 2.47. The highest BCUT2D eigenvalue weighted by molar-refractivity contribution is 8.00. The molecule has 8 heteroatoms. The number of carbonyl (C=O) groups excluding carboxylic acids is 1. The third-order valence-electron chi connectivity index (χ3n) is 3.89. The van der Waals surface area contributed by atoms with E-state index in [1.165, 1.54) is 36.0 Å². The maximum absolute atomic E-state index is 13.0. The molecule has 1 amide bonds. The van der Waals surface area contributed by atoms with Crippen molar-refractivity contribution < 1.29 is 9.18 Å². The molecule has 2 aromatic carbocycles. The Morgan fingerprint density at radius 1 is 1.25 bits per heavy atom. The summed E-state index contributed by atoms with van der Waals surface area (Å²) in [4.78, 5) is 12.5. The van der Waals surface area contributed by atoms with E-state index in [0.717, 1.165) is 5.56 Å². The zero-order chi connectivity index (χ0) is 20.1. The maximum Gasteiger partial charge on any atom is 0.237 e. The second-order valence-corrected chi connectivity index (χ2v) is 7.71. The van der Waals surface area contributed by atoms with Gasteiger partial charge in [0.15, 0.2) is 11.0 Å². The highest BCUT2D eigenvalue weighted by Gasteiger charge is 2.20. The molecule has 144 valence electrons. The lowest BCUT2D eigenvalue weighted by atomic mass is 10.2. The molecule has 28 heavy (non-hydrogen) atoms. The molecule has 0 fully saturated rings. The molecule has 0 aliphatic heterocycles. The van der Waals surface area contributed by atoms with Gasteiger partial charge in [0, 0.05) is 22.8 Å². The highest BCUT2D eigenvalue weighted by atomic mass is 35.5. The molecule has 0 aliphatic carbocycles. The molecule has 1 N–H and O–H groups in total. The number of halogens is 2. The molecule has 0 bridgehead atoms. The van der Waals surface area contributed by atoms with Gasteiger partial charge in [-0.15, -0.1) is 16.8 Å². The van der Waals surface area contributed by atoms with Gasteiger partial charge in [-0.2, -0.15) is 0 Å². The number of nitrogens with one attached hydrogen (secondary N) is 1. The Morgan fingerprint density at radius 2 is 1.93 bits per heavy atom. The monoisotopic (exact) mass is 416 g/mol. The summed E-state index contributed by atoms with van der Waals surface area (Å²) >= 11 is 7.24. The van der Waals surface area contributed by atoms with Gasteiger partial charge in [0.05, 0.1) is 5.25 Å². The molecular weight excluding hydrogens is 399 g/mol. The normalized spacial score (nSPS) is 11.8. The number of carbonyl (C=O) groups is 1. The summed E-state index contributed by atoms with van der Waals surface area (Å²) < 4.78 is 14.9. The minimum absolute atomic E-state index is 0.210. The Balaban J connectivity index is 1.77. The van der Waals surface area contributed by atoms with Crippen LogP contribution in [0.4, 0.5) is 10.1 Å². The van der Waals surface area contributed by atoms with Crippen molar-refractivity contribution in [2.45, 2.75) is 23.9 Å². The van der Waals surface area contributed by atoms with Gasteiger partial charge in [0.25, 0.3) is 0 Å². The molecule has 3 rings (SSSR count). The van der Waals surface area contributed by atoms with E-state index in [9.17, 15) is 9.18 Å². The van der Waals surface area contributed by atoms with Gasteiger partial charge in [-0.3, -0.25) is 9.36 Å². The van der Waals surface area contributed by atoms with Gasteiger partial charge in [0.2, 0.25) is 5.91 Å². The average molecular weight is 417 g/mol. The smallest absolute Gasteiger partial charge is 0.237 e. The van der Waals surface area contributed by atoms with E-state index < -0.39 is 5.25 Å². The third-order valence-corrected chi connectivity index (χ3v) is 5.23. The van der Waals surface area contributed by atoms with Crippen molar-refractivity contribution in [1.29, 1.82) is 0 Å². The first kappa shape index (κ1) is 20.1. The number of thioether (sulfide) groups is 1. The molecule has 0 saturated heterocycles. The number of aromatic nitrogens is 3. The molecule has 0 saturated carbocycles. The van der Waals surface area contributed by atoms with Crippen molar-refractivity contribution in [3.05, 3.63) is 72.0 Å². The summed E-state index contributed by atoms with van der Waals surface area (Å²) in [6.07, 6.45) is 1.75. The van der Waals surface area contributed by atoms with Crippen LogP contribution in [0.3, 0.4) is 0 Å². The topological polar surface area (TPSA) is 59.8 Å². The summed E-state index contributed by atoms with van der Waals surface area (Å²) in [5, 5.41) is 12.1. The predicted octanol–water partition coefficient (Wildman–Crippen LogP) is 5.04. The Labute approximate surface area is 171 Å². The lowest BCUT2D eigenvalue weighted by molar-refractivity contribution is -0.115. The van der Waals surface area contributed by atoms with Gasteiger partial charge >= 0.3 is 0 Å². The molecule has 0 radical (unpaired) electrons. The lowest BCUT2D eigenvalue weighted by Gasteiger charge is -2.13. The molecule has 1 unspecified atom stereocenters. The predicted molar refractivity (Wildman–Crippen MR) is 111 cm³/mol. The molecule has 3 aromatic rings. The van der Waals surface area contributed by atoms with Crippen LogP contribution in [0.5, 0.6) is 0 Å². The molecule has 1 atom stereocenters. The van der Waals surface area contributed by atoms with Gasteiger partial charge < -0.3 is 5.32 Å². The molecule has 1 heterocycles. The van der Waals surface area contributed by atoms with Gasteiger partial charge in [-0.25, -0.2) is 4.39 Å². The van der Waals surface area contributed by atoms with E-state index in [4.69, 9.17) is 11.6 Å². The summed E-state index contributed by atoms with van der Waals surface area (Å²) in [5.74, 6) is 0.107. The van der Waals surface area contributed by atoms with Crippen molar-refractivity contribution in [3.63, 3.8) is 0 Å². The van der Waals surface area contributed by atoms with E-state index in [2.05, 4.69) is 22.1 Å². The number of hydrogen-bond acceptors (Lipinski definition) is 4. The first-order chi connectivity index (χ1) is 13.5. The van der Waals surface area contributed by atoms with Crippen molar-refractivity contribution in [2.24, 2.45) is 0 Å². The zero-order valence-corrected chi connectivity index (χ0v) is 16.7. The first-order valence-corrected chi connectivity index (χ1v) is 9.77. The number of allylic oxidation sites excluding steroid dienone is 1. The maximum atomic E-state index is 13.0. The average Bonchev–Trinajstić information content (AvgIpc) is 3.07. The minimum Gasteiger partial charge on any atom is -0.325 e. The number of benzene rings is 2. The molecular formula is C20H18ClFN4OS. The zero-order valence-electron chi connectivity index (χ0n) is 15.1. The Kier molecular flexibility index (Phi) is 6.49. The Bertz CT molecular complexity index is 973. The molecule has 1 aromatic heterocycles. The summed E-state index contributed by atoms with van der Waals surface area (Å²) in [5.41, 5.74) is 1.40. The fraction of sp³-hybridized carbons (Fsp3) is 0.150. The minimum atomic E-state index is -0.434. The highest BCUT2D eigenvalue weighted by Crippen LogP contribution is 2.28. The van der Waals surface area contributed by atoms with Crippen LogP contribution in [-0.2, 0) is 11.3 Å². The second-order valence-electron chi connectivity index (χ2n) is 5.97. The quantitative estimate of drug-likeness (QED) is 0.433. The van der Waals surface area contributed by atoms with Crippen LogP contribution in [0, 0.1) is 5.82 Å². The Hall–Kier alpha value is -2.64. The van der Waals surface area contributed by atoms with Crippen LogP contribution in [0.1, 0.15) is 6.92 Å². The van der Waals surface area contributed by atoms with Crippen LogP contribution in [0.25, 0.3) is 11.4 Å². The van der Waals surface area contributed by atoms with Crippen LogP contribution < -0.4 is 5.32 Å². The van der Waals surface area contributed by atoms with Gasteiger partial charge in [0.1, 0.15) is 5.82 Å². The van der Waals surface area contributed by atoms with E-state index in [1.54, 1.807) is 25.1 Å². The number of hydrogen-bond donors (Lipinski definition) is 1. The number of rotatable bonds is 7. The second kappa shape index (κ2) is 9.03. The van der Waals surface area contributed by atoms with Crippen LogP contribution in [-0.4, -0.2) is 25.9 Å².